The van der Waals surface area contributed by atoms with Gasteiger partial charge in [-0.2, -0.15) is 0 Å². The van der Waals surface area contributed by atoms with Gasteiger partial charge in [-0.15, -0.1) is 0 Å². The third kappa shape index (κ3) is 3.29. The number of primary amides is 1. The van der Waals surface area contributed by atoms with E-state index in [-0.39, 0.29) is 17.5 Å². The third-order valence-corrected chi connectivity index (χ3v) is 5.51. The van der Waals surface area contributed by atoms with E-state index in [1.807, 2.05) is 19.9 Å². The van der Waals surface area contributed by atoms with Crippen LogP contribution in [0.15, 0.2) is 12.1 Å². The maximum Gasteiger partial charge on any atom is 0.298 e. The van der Waals surface area contributed by atoms with Gasteiger partial charge in [-0.1, -0.05) is 12.0 Å². The second-order valence-electron chi connectivity index (χ2n) is 7.21. The number of aryl methyl sites for hydroxylation is 2. The van der Waals surface area contributed by atoms with E-state index >= 15 is 4.39 Å². The van der Waals surface area contributed by atoms with Crippen molar-refractivity contribution in [3.63, 3.8) is 0 Å². The van der Waals surface area contributed by atoms with Crippen LogP contribution in [0.2, 0.25) is 0 Å². The fraction of sp³-hybridized carbons (Fsp3) is 0.364. The van der Waals surface area contributed by atoms with Gasteiger partial charge < -0.3 is 15.6 Å². The van der Waals surface area contributed by atoms with Crippen LogP contribution in [0.25, 0.3) is 16.5 Å². The molecule has 1 heterocycles. The van der Waals surface area contributed by atoms with Crippen LogP contribution in [0, 0.1) is 31.5 Å². The average molecular weight is 381 g/mol. The Kier molecular flexibility index (Phi) is 5.28. The van der Waals surface area contributed by atoms with Crippen molar-refractivity contribution in [3.05, 3.63) is 40.3 Å². The number of nitrogens with two attached hydrogens (primary N) is 1. The molecule has 1 aromatic heterocycles. The van der Waals surface area contributed by atoms with Crippen LogP contribution in [0.1, 0.15) is 53.4 Å². The molecule has 3 rings (SSSR count). The van der Waals surface area contributed by atoms with Gasteiger partial charge in [0.15, 0.2) is 0 Å². The second-order valence-corrected chi connectivity index (χ2v) is 7.21. The van der Waals surface area contributed by atoms with Gasteiger partial charge in [0.05, 0.1) is 17.1 Å². The molecule has 1 atom stereocenters. The molecule has 0 unspecified atom stereocenters. The summed E-state index contributed by atoms with van der Waals surface area (Å²) < 4.78 is 15.2. The van der Waals surface area contributed by atoms with Crippen LogP contribution in [0.5, 0.6) is 0 Å². The smallest absolute Gasteiger partial charge is 0.298 e. The Labute approximate surface area is 163 Å². The Morgan fingerprint density at radius 2 is 2.07 bits per heavy atom. The zero-order chi connectivity index (χ0) is 20.6. The van der Waals surface area contributed by atoms with E-state index in [0.717, 1.165) is 29.7 Å². The maximum atomic E-state index is 15.2. The number of rotatable bonds is 3. The van der Waals surface area contributed by atoms with Gasteiger partial charge in [0.1, 0.15) is 5.82 Å². The lowest BCUT2D eigenvalue weighted by Gasteiger charge is -2.29. The van der Waals surface area contributed by atoms with E-state index in [1.54, 1.807) is 18.9 Å². The molecule has 0 bridgehead atoms. The first kappa shape index (κ1) is 19.7. The number of H-pyrrole nitrogens is 1. The lowest BCUT2D eigenvalue weighted by atomic mass is 9.87. The number of benzene rings is 1. The Hall–Kier alpha value is -3.07. The minimum Gasteiger partial charge on any atom is -0.366 e. The number of nitrogens with one attached hydrogen (secondary N) is 1. The molecular formula is C22H24FN3O2. The molecule has 6 heteroatoms. The monoisotopic (exact) mass is 381 g/mol. The lowest BCUT2D eigenvalue weighted by Crippen LogP contribution is -2.36. The molecule has 5 nitrogen and oxygen atoms in total. The molecular weight excluding hydrogens is 357 g/mol. The zero-order valence-electron chi connectivity index (χ0n) is 16.6. The van der Waals surface area contributed by atoms with Gasteiger partial charge in [0.25, 0.3) is 11.8 Å². The number of carbonyl (C=O) groups is 2. The van der Waals surface area contributed by atoms with Crippen molar-refractivity contribution in [1.82, 2.24) is 9.88 Å². The van der Waals surface area contributed by atoms with Gasteiger partial charge >= 0.3 is 0 Å². The first-order valence-corrected chi connectivity index (χ1v) is 9.28. The topological polar surface area (TPSA) is 79.2 Å². The summed E-state index contributed by atoms with van der Waals surface area (Å²) in [5, 5.41) is 0.681. The van der Waals surface area contributed by atoms with Gasteiger partial charge in [-0.25, -0.2) is 4.39 Å². The van der Waals surface area contributed by atoms with Crippen molar-refractivity contribution in [3.8, 4) is 11.8 Å². The second kappa shape index (κ2) is 7.51. The van der Waals surface area contributed by atoms with Gasteiger partial charge in [-0.05, 0) is 63.2 Å². The van der Waals surface area contributed by atoms with Gasteiger partial charge in [0, 0.05) is 23.7 Å². The predicted molar refractivity (Wildman–Crippen MR) is 108 cm³/mol. The Morgan fingerprint density at radius 1 is 1.36 bits per heavy atom. The summed E-state index contributed by atoms with van der Waals surface area (Å²) in [5.74, 6) is 3.77. The molecule has 1 aliphatic carbocycles. The summed E-state index contributed by atoms with van der Waals surface area (Å²) in [7, 11) is 1.71. The van der Waals surface area contributed by atoms with Gasteiger partial charge in [0.2, 0.25) is 0 Å². The Bertz CT molecular complexity index is 1070. The molecule has 3 N–H and O–H groups in total. The van der Waals surface area contributed by atoms with Crippen LogP contribution in [0.3, 0.4) is 0 Å². The van der Waals surface area contributed by atoms with E-state index < -0.39 is 11.7 Å². The van der Waals surface area contributed by atoms with E-state index in [1.165, 1.54) is 6.07 Å². The van der Waals surface area contributed by atoms with Crippen LogP contribution in [-0.4, -0.2) is 34.8 Å². The lowest BCUT2D eigenvalue weighted by molar-refractivity contribution is -0.125. The molecule has 28 heavy (non-hydrogen) atoms. The van der Waals surface area contributed by atoms with Crippen LogP contribution >= 0.6 is 0 Å². The normalized spacial score (nSPS) is 16.3. The summed E-state index contributed by atoms with van der Waals surface area (Å²) in [6.07, 6.45) is 4.27. The number of hydrogen-bond acceptors (Lipinski definition) is 2. The summed E-state index contributed by atoms with van der Waals surface area (Å²) >= 11 is 0. The number of amides is 2. The number of fused-ring (bicyclic) bond motifs is 1. The quantitative estimate of drug-likeness (QED) is 0.799. The average Bonchev–Trinajstić information content (AvgIpc) is 2.95. The molecule has 2 amide bonds. The molecule has 0 saturated heterocycles. The molecule has 1 aromatic carbocycles. The molecule has 0 spiro atoms. The molecule has 0 aliphatic heterocycles. The summed E-state index contributed by atoms with van der Waals surface area (Å²) in [4.78, 5) is 28.7. The molecule has 2 aromatic rings. The first-order chi connectivity index (χ1) is 13.3. The first-order valence-electron chi connectivity index (χ1n) is 9.28. The highest BCUT2D eigenvalue weighted by Crippen LogP contribution is 2.38. The summed E-state index contributed by atoms with van der Waals surface area (Å²) in [5.41, 5.74) is 9.23. The van der Waals surface area contributed by atoms with Crippen LogP contribution in [-0.2, 0) is 4.79 Å². The highest BCUT2D eigenvalue weighted by atomic mass is 19.1. The van der Waals surface area contributed by atoms with Crippen LogP contribution in [0.4, 0.5) is 4.39 Å². The fourth-order valence-electron chi connectivity index (χ4n) is 3.89. The maximum absolute atomic E-state index is 15.2. The largest absolute Gasteiger partial charge is 0.366 e. The number of carbonyl (C=O) groups excluding carboxylic acids is 2. The number of nitrogens with zero attached hydrogens (tertiary/aromatic N) is 1. The van der Waals surface area contributed by atoms with E-state index in [0.29, 0.717) is 22.9 Å². The molecule has 1 aliphatic rings. The highest BCUT2D eigenvalue weighted by Gasteiger charge is 2.26. The fourth-order valence-corrected chi connectivity index (χ4v) is 3.89. The number of hydrogen-bond donors (Lipinski definition) is 2. The minimum atomic E-state index is -0.671. The third-order valence-electron chi connectivity index (χ3n) is 5.51. The van der Waals surface area contributed by atoms with Gasteiger partial charge in [-0.3, -0.25) is 9.59 Å². The van der Waals surface area contributed by atoms with E-state index in [4.69, 9.17) is 5.73 Å². The summed E-state index contributed by atoms with van der Waals surface area (Å²) in [6.45, 7) is 5.41. The SMILES string of the molecule is CC#CC(=O)N(C)[C@@H]1C=C(c2c(F)cc(C(N)=O)c3[nH]c(C)c(C)c23)CCC1. The predicted octanol–water partition coefficient (Wildman–Crippen LogP) is 3.44. The molecule has 0 fully saturated rings. The number of likely N-dealkylation sites (N-methyl/N-ethyl adjacent to an activating group) is 1. The van der Waals surface area contributed by atoms with Crippen molar-refractivity contribution < 1.29 is 14.0 Å². The van der Waals surface area contributed by atoms with E-state index in [2.05, 4.69) is 16.8 Å². The van der Waals surface area contributed by atoms with Crippen LogP contribution < -0.4 is 5.73 Å². The van der Waals surface area contributed by atoms with Crippen molar-refractivity contribution in [2.24, 2.45) is 5.73 Å². The van der Waals surface area contributed by atoms with Crippen molar-refractivity contribution in [2.75, 3.05) is 7.05 Å². The summed E-state index contributed by atoms with van der Waals surface area (Å²) in [6, 6.07) is 1.06. The zero-order valence-corrected chi connectivity index (χ0v) is 16.6. The Balaban J connectivity index is 2.19. The van der Waals surface area contributed by atoms with E-state index in [9.17, 15) is 9.59 Å². The number of aromatic nitrogens is 1. The molecule has 0 saturated carbocycles. The van der Waals surface area contributed by atoms with Crippen molar-refractivity contribution >= 4 is 28.3 Å². The number of aromatic amines is 1. The van der Waals surface area contributed by atoms with Crippen molar-refractivity contribution in [1.29, 1.82) is 0 Å². The molecule has 146 valence electrons. The Morgan fingerprint density at radius 3 is 2.71 bits per heavy atom. The number of allylic oxidation sites excluding steroid dienone is 1. The standard InChI is InChI=1S/C22H24FN3O2/c1-5-7-18(27)26(4)15-9-6-8-14(10-15)20-17(23)11-16(22(24)28)21-19(20)12(2)13(3)25-21/h10-11,15,25H,6,8-9H2,1-4H3,(H2,24,28)/t15-/m0/s1. The highest BCUT2D eigenvalue weighted by molar-refractivity contribution is 6.09. The molecule has 0 radical (unpaired) electrons. The number of halogens is 1. The van der Waals surface area contributed by atoms with Crippen molar-refractivity contribution in [2.45, 2.75) is 46.1 Å². The minimum absolute atomic E-state index is 0.144.